The fourth-order valence-electron chi connectivity index (χ4n) is 1.69. The van der Waals surface area contributed by atoms with Gasteiger partial charge >= 0.3 is 0 Å². The summed E-state index contributed by atoms with van der Waals surface area (Å²) in [6, 6.07) is 6.64. The third kappa shape index (κ3) is 3.97. The Balaban J connectivity index is 2.75. The fraction of sp³-hybridized carbons (Fsp3) is 0.538. The van der Waals surface area contributed by atoms with Crippen LogP contribution in [0.25, 0.3) is 0 Å². The largest absolute Gasteiger partial charge is 0.394 e. The molecule has 0 saturated carbocycles. The van der Waals surface area contributed by atoms with Crippen molar-refractivity contribution in [2.45, 2.75) is 37.4 Å². The van der Waals surface area contributed by atoms with Gasteiger partial charge in [-0.15, -0.1) is 0 Å². The highest BCUT2D eigenvalue weighted by atomic mass is 16.4. The number of hydrogen-bond donors (Lipinski definition) is 6. The molecule has 19 heavy (non-hydrogen) atoms. The SMILES string of the molecule is Cc1ccc(C(O)[C@H](O)[C@@H](O)[C@H](O)[C@H](O)CO)cc1. The Morgan fingerprint density at radius 2 is 1.37 bits per heavy atom. The van der Waals surface area contributed by atoms with Gasteiger partial charge < -0.3 is 30.6 Å². The zero-order chi connectivity index (χ0) is 14.6. The van der Waals surface area contributed by atoms with Gasteiger partial charge in [0.2, 0.25) is 0 Å². The van der Waals surface area contributed by atoms with E-state index in [0.717, 1.165) is 5.56 Å². The summed E-state index contributed by atoms with van der Waals surface area (Å²) in [5.74, 6) is 0. The van der Waals surface area contributed by atoms with Gasteiger partial charge in [0.15, 0.2) is 0 Å². The molecule has 6 heteroatoms. The lowest BCUT2D eigenvalue weighted by Crippen LogP contribution is -2.47. The smallest absolute Gasteiger partial charge is 0.113 e. The van der Waals surface area contributed by atoms with Gasteiger partial charge in [0.25, 0.3) is 0 Å². The second-order valence-electron chi connectivity index (χ2n) is 4.58. The van der Waals surface area contributed by atoms with E-state index in [1.54, 1.807) is 24.3 Å². The van der Waals surface area contributed by atoms with Crippen LogP contribution in [0.1, 0.15) is 17.2 Å². The number of hydrogen-bond acceptors (Lipinski definition) is 6. The van der Waals surface area contributed by atoms with E-state index < -0.39 is 37.1 Å². The van der Waals surface area contributed by atoms with Gasteiger partial charge in [0, 0.05) is 0 Å². The van der Waals surface area contributed by atoms with Crippen molar-refractivity contribution in [3.63, 3.8) is 0 Å². The van der Waals surface area contributed by atoms with Gasteiger partial charge in [-0.05, 0) is 12.5 Å². The summed E-state index contributed by atoms with van der Waals surface area (Å²) in [5.41, 5.74) is 1.35. The molecule has 0 aliphatic heterocycles. The average Bonchev–Trinajstić information content (AvgIpc) is 2.44. The predicted octanol–water partition coefficient (Wildman–Crippen LogP) is -1.54. The minimum Gasteiger partial charge on any atom is -0.394 e. The van der Waals surface area contributed by atoms with Crippen LogP contribution in [-0.4, -0.2) is 61.7 Å². The van der Waals surface area contributed by atoms with Gasteiger partial charge in [-0.1, -0.05) is 29.8 Å². The maximum atomic E-state index is 9.89. The Morgan fingerprint density at radius 3 is 1.84 bits per heavy atom. The quantitative estimate of drug-likeness (QED) is 0.373. The Hall–Kier alpha value is -1.02. The van der Waals surface area contributed by atoms with Crippen LogP contribution in [0.15, 0.2) is 24.3 Å². The van der Waals surface area contributed by atoms with Crippen LogP contribution in [0.3, 0.4) is 0 Å². The zero-order valence-corrected chi connectivity index (χ0v) is 10.6. The predicted molar refractivity (Wildman–Crippen MR) is 67.3 cm³/mol. The summed E-state index contributed by atoms with van der Waals surface area (Å²) in [5, 5.41) is 56.6. The highest BCUT2D eigenvalue weighted by Gasteiger charge is 2.34. The van der Waals surface area contributed by atoms with Crippen LogP contribution >= 0.6 is 0 Å². The number of aliphatic hydroxyl groups excluding tert-OH is 6. The minimum absolute atomic E-state index is 0.378. The first-order chi connectivity index (χ1) is 8.88. The maximum Gasteiger partial charge on any atom is 0.113 e. The van der Waals surface area contributed by atoms with E-state index in [1.165, 1.54) is 0 Å². The van der Waals surface area contributed by atoms with E-state index in [0.29, 0.717) is 5.56 Å². The molecule has 0 bridgehead atoms. The molecule has 108 valence electrons. The standard InChI is InChI=1S/C13H20O6/c1-7-2-4-8(5-3-7)10(16)12(18)13(19)11(17)9(15)6-14/h2-5,9-19H,6H2,1H3/t9-,10?,11-,12+,13+/m1/s1. The Bertz CT molecular complexity index is 379. The maximum absolute atomic E-state index is 9.89. The Morgan fingerprint density at radius 1 is 0.842 bits per heavy atom. The van der Waals surface area contributed by atoms with E-state index in [1.807, 2.05) is 6.92 Å². The Kier molecular flexibility index (Phi) is 5.86. The lowest BCUT2D eigenvalue weighted by Gasteiger charge is -2.28. The average molecular weight is 272 g/mol. The van der Waals surface area contributed by atoms with Crippen LogP contribution in [0, 0.1) is 6.92 Å². The molecule has 1 aromatic rings. The van der Waals surface area contributed by atoms with E-state index >= 15 is 0 Å². The fourth-order valence-corrected chi connectivity index (χ4v) is 1.69. The lowest BCUT2D eigenvalue weighted by molar-refractivity contribution is -0.141. The molecule has 0 fully saturated rings. The molecule has 0 aromatic heterocycles. The minimum atomic E-state index is -1.78. The summed E-state index contributed by atoms with van der Waals surface area (Å²) in [6.45, 7) is 1.11. The number of aliphatic hydroxyl groups is 6. The zero-order valence-electron chi connectivity index (χ0n) is 10.6. The van der Waals surface area contributed by atoms with E-state index in [2.05, 4.69) is 0 Å². The van der Waals surface area contributed by atoms with Gasteiger partial charge in [0.05, 0.1) is 6.61 Å². The topological polar surface area (TPSA) is 121 Å². The summed E-state index contributed by atoms with van der Waals surface area (Å²) in [6.07, 6.45) is -8.21. The second-order valence-corrected chi connectivity index (χ2v) is 4.58. The molecule has 0 saturated heterocycles. The van der Waals surface area contributed by atoms with Crippen LogP contribution < -0.4 is 0 Å². The van der Waals surface area contributed by atoms with Crippen LogP contribution in [-0.2, 0) is 0 Å². The number of benzene rings is 1. The molecule has 0 spiro atoms. The van der Waals surface area contributed by atoms with Gasteiger partial charge in [-0.3, -0.25) is 0 Å². The van der Waals surface area contributed by atoms with Crippen LogP contribution in [0.4, 0.5) is 0 Å². The van der Waals surface area contributed by atoms with Crippen molar-refractivity contribution in [2.75, 3.05) is 6.61 Å². The summed E-state index contributed by atoms with van der Waals surface area (Å²) < 4.78 is 0. The molecule has 0 heterocycles. The van der Waals surface area contributed by atoms with E-state index in [9.17, 15) is 25.5 Å². The van der Waals surface area contributed by atoms with E-state index in [4.69, 9.17) is 5.11 Å². The van der Waals surface area contributed by atoms with Crippen molar-refractivity contribution in [3.05, 3.63) is 35.4 Å². The van der Waals surface area contributed by atoms with Crippen molar-refractivity contribution in [1.82, 2.24) is 0 Å². The first-order valence-corrected chi connectivity index (χ1v) is 5.96. The molecule has 0 aliphatic carbocycles. The van der Waals surface area contributed by atoms with Crippen LogP contribution in [0.5, 0.6) is 0 Å². The van der Waals surface area contributed by atoms with Crippen molar-refractivity contribution in [3.8, 4) is 0 Å². The highest BCUT2D eigenvalue weighted by molar-refractivity contribution is 5.24. The summed E-state index contributed by atoms with van der Waals surface area (Å²) >= 11 is 0. The van der Waals surface area contributed by atoms with Crippen molar-refractivity contribution < 1.29 is 30.6 Å². The summed E-state index contributed by atoms with van der Waals surface area (Å²) in [4.78, 5) is 0. The molecule has 5 atom stereocenters. The normalized spacial score (nSPS) is 19.5. The third-order valence-electron chi connectivity index (χ3n) is 3.02. The molecular weight excluding hydrogens is 252 g/mol. The molecule has 6 nitrogen and oxygen atoms in total. The summed E-state index contributed by atoms with van der Waals surface area (Å²) in [7, 11) is 0. The molecular formula is C13H20O6. The lowest BCUT2D eigenvalue weighted by atomic mass is 9.95. The first kappa shape index (κ1) is 16.0. The van der Waals surface area contributed by atoms with Crippen LogP contribution in [0.2, 0.25) is 0 Å². The van der Waals surface area contributed by atoms with Gasteiger partial charge in [-0.25, -0.2) is 0 Å². The molecule has 1 unspecified atom stereocenters. The molecule has 1 aromatic carbocycles. The first-order valence-electron chi connectivity index (χ1n) is 5.96. The van der Waals surface area contributed by atoms with Crippen molar-refractivity contribution >= 4 is 0 Å². The number of aryl methyl sites for hydroxylation is 1. The van der Waals surface area contributed by atoms with Crippen molar-refractivity contribution in [1.29, 1.82) is 0 Å². The van der Waals surface area contributed by atoms with Gasteiger partial charge in [0.1, 0.15) is 30.5 Å². The molecule has 0 amide bonds. The molecule has 6 N–H and O–H groups in total. The monoisotopic (exact) mass is 272 g/mol. The molecule has 1 rings (SSSR count). The second kappa shape index (κ2) is 6.95. The van der Waals surface area contributed by atoms with Crippen molar-refractivity contribution in [2.24, 2.45) is 0 Å². The molecule has 0 radical (unpaired) electrons. The Labute approximate surface area is 111 Å². The highest BCUT2D eigenvalue weighted by Crippen LogP contribution is 2.21. The molecule has 0 aliphatic rings. The third-order valence-corrected chi connectivity index (χ3v) is 3.02. The number of rotatable bonds is 6. The van der Waals surface area contributed by atoms with Gasteiger partial charge in [-0.2, -0.15) is 0 Å². The van der Waals surface area contributed by atoms with E-state index in [-0.39, 0.29) is 0 Å².